The summed E-state index contributed by atoms with van der Waals surface area (Å²) in [5, 5.41) is 14.4. The van der Waals surface area contributed by atoms with E-state index in [0.29, 0.717) is 19.1 Å². The maximum Gasteiger partial charge on any atom is 0.242 e. The largest absolute Gasteiger partial charge is 0.491 e. The molecular weight excluding hydrogens is 390 g/mol. The van der Waals surface area contributed by atoms with Gasteiger partial charge >= 0.3 is 0 Å². The maximum absolute atomic E-state index is 5.69. The van der Waals surface area contributed by atoms with E-state index in [1.807, 2.05) is 12.1 Å². The minimum absolute atomic E-state index is 0.624. The third-order valence-electron chi connectivity index (χ3n) is 2.58. The molecule has 0 unspecified atom stereocenters. The standard InChI is InChI=1S/C12H15Br2N5O/c1-3-4-20-11-9(13)5-8(6-10(11)14)7-15-12-16-17-18-19(12)2/h5-6H,3-4,7H2,1-2H3,(H,15,16,18). The Balaban J connectivity index is 2.08. The zero-order valence-electron chi connectivity index (χ0n) is 11.2. The third-order valence-corrected chi connectivity index (χ3v) is 3.76. The fraction of sp³-hybridized carbons (Fsp3) is 0.417. The Morgan fingerprint density at radius 1 is 1.30 bits per heavy atom. The van der Waals surface area contributed by atoms with E-state index in [1.54, 1.807) is 11.7 Å². The van der Waals surface area contributed by atoms with E-state index in [9.17, 15) is 0 Å². The summed E-state index contributed by atoms with van der Waals surface area (Å²) in [6, 6.07) is 4.04. The number of nitrogens with zero attached hydrogens (tertiary/aromatic N) is 4. The van der Waals surface area contributed by atoms with E-state index in [2.05, 4.69) is 59.6 Å². The lowest BCUT2D eigenvalue weighted by molar-refractivity contribution is 0.313. The molecule has 2 aromatic rings. The predicted octanol–water partition coefficient (Wildman–Crippen LogP) is 3.14. The van der Waals surface area contributed by atoms with Crippen molar-refractivity contribution in [3.05, 3.63) is 26.6 Å². The second-order valence-corrected chi connectivity index (χ2v) is 5.93. The fourth-order valence-corrected chi connectivity index (χ4v) is 3.13. The van der Waals surface area contributed by atoms with E-state index in [4.69, 9.17) is 4.74 Å². The molecule has 0 saturated heterocycles. The van der Waals surface area contributed by atoms with Crippen molar-refractivity contribution >= 4 is 37.8 Å². The lowest BCUT2D eigenvalue weighted by Gasteiger charge is -2.12. The molecule has 0 aliphatic carbocycles. The van der Waals surface area contributed by atoms with Gasteiger partial charge < -0.3 is 10.1 Å². The van der Waals surface area contributed by atoms with Crippen LogP contribution in [0.3, 0.4) is 0 Å². The molecule has 0 radical (unpaired) electrons. The number of benzene rings is 1. The smallest absolute Gasteiger partial charge is 0.242 e. The van der Waals surface area contributed by atoms with Crippen molar-refractivity contribution in [1.82, 2.24) is 20.2 Å². The zero-order valence-corrected chi connectivity index (χ0v) is 14.4. The van der Waals surface area contributed by atoms with Crippen LogP contribution in [-0.2, 0) is 13.6 Å². The van der Waals surface area contributed by atoms with Crippen molar-refractivity contribution in [3.63, 3.8) is 0 Å². The number of hydrogen-bond acceptors (Lipinski definition) is 5. The maximum atomic E-state index is 5.69. The van der Waals surface area contributed by atoms with Gasteiger partial charge in [0.15, 0.2) is 0 Å². The van der Waals surface area contributed by atoms with Gasteiger partial charge in [0.1, 0.15) is 5.75 Å². The number of aromatic nitrogens is 4. The highest BCUT2D eigenvalue weighted by molar-refractivity contribution is 9.11. The number of rotatable bonds is 6. The summed E-state index contributed by atoms with van der Waals surface area (Å²) in [7, 11) is 1.79. The second kappa shape index (κ2) is 7.03. The molecule has 0 saturated carbocycles. The number of hydrogen-bond donors (Lipinski definition) is 1. The predicted molar refractivity (Wildman–Crippen MR) is 83.8 cm³/mol. The molecule has 0 fully saturated rings. The Morgan fingerprint density at radius 2 is 2.00 bits per heavy atom. The average Bonchev–Trinajstić information content (AvgIpc) is 2.81. The van der Waals surface area contributed by atoms with Crippen LogP contribution in [0, 0.1) is 0 Å². The van der Waals surface area contributed by atoms with Gasteiger partial charge in [-0.2, -0.15) is 0 Å². The van der Waals surface area contributed by atoms with E-state index in [1.165, 1.54) is 0 Å². The second-order valence-electron chi connectivity index (χ2n) is 4.22. The fourth-order valence-electron chi connectivity index (χ4n) is 1.62. The summed E-state index contributed by atoms with van der Waals surface area (Å²) < 4.78 is 9.13. The first-order chi connectivity index (χ1) is 9.61. The molecular formula is C12H15Br2N5O. The molecule has 108 valence electrons. The van der Waals surface area contributed by atoms with Crippen molar-refractivity contribution in [2.45, 2.75) is 19.9 Å². The number of anilines is 1. The molecule has 1 heterocycles. The Hall–Kier alpha value is -1.15. The molecule has 8 heteroatoms. The molecule has 0 aliphatic heterocycles. The molecule has 0 aliphatic rings. The van der Waals surface area contributed by atoms with E-state index in [-0.39, 0.29) is 0 Å². The topological polar surface area (TPSA) is 64.9 Å². The quantitative estimate of drug-likeness (QED) is 0.801. The molecule has 1 N–H and O–H groups in total. The first-order valence-corrected chi connectivity index (χ1v) is 7.77. The van der Waals surface area contributed by atoms with Gasteiger partial charge in [0.25, 0.3) is 0 Å². The van der Waals surface area contributed by atoms with Crippen LogP contribution in [0.4, 0.5) is 5.95 Å². The first kappa shape index (κ1) is 15.2. The Kier molecular flexibility index (Phi) is 5.36. The summed E-state index contributed by atoms with van der Waals surface area (Å²) in [5.74, 6) is 1.46. The SMILES string of the molecule is CCCOc1c(Br)cc(CNc2nnnn2C)cc1Br. The Morgan fingerprint density at radius 3 is 2.55 bits per heavy atom. The minimum Gasteiger partial charge on any atom is -0.491 e. The van der Waals surface area contributed by atoms with Gasteiger partial charge in [-0.15, -0.1) is 0 Å². The molecule has 0 atom stereocenters. The zero-order chi connectivity index (χ0) is 14.5. The Bertz CT molecular complexity index is 564. The van der Waals surface area contributed by atoms with E-state index >= 15 is 0 Å². The molecule has 0 bridgehead atoms. The number of aryl methyl sites for hydroxylation is 1. The summed E-state index contributed by atoms with van der Waals surface area (Å²) in [6.07, 6.45) is 0.974. The van der Waals surface area contributed by atoms with Crippen LogP contribution in [0.25, 0.3) is 0 Å². The third kappa shape index (κ3) is 3.69. The number of tetrazole rings is 1. The molecule has 20 heavy (non-hydrogen) atoms. The molecule has 0 spiro atoms. The van der Waals surface area contributed by atoms with Gasteiger partial charge in [-0.3, -0.25) is 0 Å². The van der Waals surface area contributed by atoms with Gasteiger partial charge in [-0.25, -0.2) is 4.68 Å². The van der Waals surface area contributed by atoms with Gasteiger partial charge in [-0.05, 0) is 66.4 Å². The van der Waals surface area contributed by atoms with Crippen molar-refractivity contribution in [2.75, 3.05) is 11.9 Å². The van der Waals surface area contributed by atoms with Crippen LogP contribution in [0.15, 0.2) is 21.1 Å². The van der Waals surface area contributed by atoms with Gasteiger partial charge in [0, 0.05) is 13.6 Å². The van der Waals surface area contributed by atoms with E-state index < -0.39 is 0 Å². The lowest BCUT2D eigenvalue weighted by Crippen LogP contribution is -2.06. The average molecular weight is 405 g/mol. The molecule has 6 nitrogen and oxygen atoms in total. The normalized spacial score (nSPS) is 10.6. The number of nitrogens with one attached hydrogen (secondary N) is 1. The van der Waals surface area contributed by atoms with Crippen LogP contribution in [0.1, 0.15) is 18.9 Å². The summed E-state index contributed by atoms with van der Waals surface area (Å²) in [4.78, 5) is 0. The van der Waals surface area contributed by atoms with Crippen LogP contribution in [-0.4, -0.2) is 26.8 Å². The van der Waals surface area contributed by atoms with Crippen LogP contribution < -0.4 is 10.1 Å². The highest BCUT2D eigenvalue weighted by atomic mass is 79.9. The highest BCUT2D eigenvalue weighted by Crippen LogP contribution is 2.35. The summed E-state index contributed by atoms with van der Waals surface area (Å²) in [6.45, 7) is 3.40. The first-order valence-electron chi connectivity index (χ1n) is 6.18. The summed E-state index contributed by atoms with van der Waals surface area (Å²) in [5.41, 5.74) is 1.09. The molecule has 1 aromatic carbocycles. The number of halogens is 2. The van der Waals surface area contributed by atoms with Crippen molar-refractivity contribution in [1.29, 1.82) is 0 Å². The molecule has 0 amide bonds. The van der Waals surface area contributed by atoms with Crippen LogP contribution >= 0.6 is 31.9 Å². The van der Waals surface area contributed by atoms with Crippen molar-refractivity contribution in [3.8, 4) is 5.75 Å². The van der Waals surface area contributed by atoms with Crippen LogP contribution in [0.2, 0.25) is 0 Å². The van der Waals surface area contributed by atoms with Crippen LogP contribution in [0.5, 0.6) is 5.75 Å². The highest BCUT2D eigenvalue weighted by Gasteiger charge is 2.09. The molecule has 2 rings (SSSR count). The van der Waals surface area contributed by atoms with Crippen molar-refractivity contribution < 1.29 is 4.74 Å². The van der Waals surface area contributed by atoms with Gasteiger partial charge in [-0.1, -0.05) is 12.0 Å². The van der Waals surface area contributed by atoms with Crippen molar-refractivity contribution in [2.24, 2.45) is 7.05 Å². The molecule has 1 aromatic heterocycles. The van der Waals surface area contributed by atoms with Gasteiger partial charge in [0.05, 0.1) is 15.6 Å². The minimum atomic E-state index is 0.624. The Labute approximate surface area is 134 Å². The van der Waals surface area contributed by atoms with E-state index in [0.717, 1.165) is 26.7 Å². The lowest BCUT2D eigenvalue weighted by atomic mass is 10.2. The monoisotopic (exact) mass is 403 g/mol. The van der Waals surface area contributed by atoms with Gasteiger partial charge in [0.2, 0.25) is 5.95 Å². The number of ether oxygens (including phenoxy) is 1. The summed E-state index contributed by atoms with van der Waals surface area (Å²) >= 11 is 7.07.